The Morgan fingerprint density at radius 3 is 3.17 bits per heavy atom. The molecule has 12 heavy (non-hydrogen) atoms. The van der Waals surface area contributed by atoms with Crippen molar-refractivity contribution in [2.75, 3.05) is 32.8 Å². The Hall–Kier alpha value is -0.650. The van der Waals surface area contributed by atoms with Gasteiger partial charge in [0.25, 0.3) is 0 Å². The van der Waals surface area contributed by atoms with Crippen molar-refractivity contribution < 1.29 is 14.7 Å². The zero-order valence-electron chi connectivity index (χ0n) is 6.77. The third kappa shape index (κ3) is 1.31. The van der Waals surface area contributed by atoms with Gasteiger partial charge in [0, 0.05) is 19.6 Å². The van der Waals surface area contributed by atoms with Gasteiger partial charge in [0.1, 0.15) is 6.61 Å². The SMILES string of the molecule is O=C1COC[C@@H]2CN(O)CCN12. The van der Waals surface area contributed by atoms with Crippen LogP contribution in [0.2, 0.25) is 0 Å². The third-order valence-corrected chi connectivity index (χ3v) is 2.32. The minimum atomic E-state index is 0.0411. The zero-order valence-corrected chi connectivity index (χ0v) is 6.77. The Balaban J connectivity index is 2.04. The van der Waals surface area contributed by atoms with Gasteiger partial charge in [-0.3, -0.25) is 4.79 Å². The molecule has 0 aliphatic carbocycles. The molecule has 2 fully saturated rings. The van der Waals surface area contributed by atoms with E-state index in [1.807, 2.05) is 0 Å². The third-order valence-electron chi connectivity index (χ3n) is 2.32. The largest absolute Gasteiger partial charge is 0.369 e. The van der Waals surface area contributed by atoms with Crippen molar-refractivity contribution >= 4 is 5.91 Å². The molecule has 0 aromatic carbocycles. The molecular formula is C7H12N2O3. The lowest BCUT2D eigenvalue weighted by molar-refractivity contribution is -0.175. The summed E-state index contributed by atoms with van der Waals surface area (Å²) in [5, 5.41) is 10.4. The van der Waals surface area contributed by atoms with Gasteiger partial charge in [-0.25, -0.2) is 0 Å². The summed E-state index contributed by atoms with van der Waals surface area (Å²) in [6.45, 7) is 2.40. The molecule has 2 rings (SSSR count). The number of piperazine rings is 1. The van der Waals surface area contributed by atoms with Crippen LogP contribution in [0, 0.1) is 0 Å². The predicted octanol–water partition coefficient (Wildman–Crippen LogP) is -1.08. The summed E-state index contributed by atoms with van der Waals surface area (Å²) >= 11 is 0. The first-order chi connectivity index (χ1) is 5.77. The topological polar surface area (TPSA) is 53.0 Å². The molecular weight excluding hydrogens is 160 g/mol. The molecule has 0 aromatic heterocycles. The van der Waals surface area contributed by atoms with E-state index in [1.165, 1.54) is 5.06 Å². The van der Waals surface area contributed by atoms with Crippen LogP contribution in [0.15, 0.2) is 0 Å². The molecule has 0 radical (unpaired) electrons. The molecule has 1 atom stereocenters. The molecule has 2 aliphatic rings. The van der Waals surface area contributed by atoms with Crippen LogP contribution in [0.5, 0.6) is 0 Å². The maximum absolute atomic E-state index is 11.2. The van der Waals surface area contributed by atoms with Crippen molar-refractivity contribution in [1.29, 1.82) is 0 Å². The fraction of sp³-hybridized carbons (Fsp3) is 0.857. The van der Waals surface area contributed by atoms with Crippen molar-refractivity contribution in [3.05, 3.63) is 0 Å². The molecule has 0 unspecified atom stereocenters. The van der Waals surface area contributed by atoms with Gasteiger partial charge in [-0.1, -0.05) is 0 Å². The number of fused-ring (bicyclic) bond motifs is 1. The lowest BCUT2D eigenvalue weighted by atomic mass is 10.2. The minimum Gasteiger partial charge on any atom is -0.369 e. The quantitative estimate of drug-likeness (QED) is 0.505. The van der Waals surface area contributed by atoms with E-state index < -0.39 is 0 Å². The van der Waals surface area contributed by atoms with E-state index in [0.717, 1.165) is 0 Å². The highest BCUT2D eigenvalue weighted by Gasteiger charge is 2.33. The Bertz CT molecular complexity index is 197. The van der Waals surface area contributed by atoms with Crippen LogP contribution < -0.4 is 0 Å². The van der Waals surface area contributed by atoms with E-state index >= 15 is 0 Å². The molecule has 0 saturated carbocycles. The number of carbonyl (C=O) groups excluding carboxylic acids is 1. The smallest absolute Gasteiger partial charge is 0.248 e. The summed E-state index contributed by atoms with van der Waals surface area (Å²) in [6.07, 6.45) is 0. The molecule has 0 bridgehead atoms. The fourth-order valence-corrected chi connectivity index (χ4v) is 1.68. The van der Waals surface area contributed by atoms with E-state index in [0.29, 0.717) is 26.2 Å². The molecule has 2 aliphatic heterocycles. The van der Waals surface area contributed by atoms with Crippen molar-refractivity contribution in [2.24, 2.45) is 0 Å². The summed E-state index contributed by atoms with van der Waals surface area (Å²) in [6, 6.07) is 0.0463. The molecule has 0 spiro atoms. The van der Waals surface area contributed by atoms with Gasteiger partial charge >= 0.3 is 0 Å². The number of nitrogens with zero attached hydrogens (tertiary/aromatic N) is 2. The Kier molecular flexibility index (Phi) is 2.00. The van der Waals surface area contributed by atoms with Gasteiger partial charge in [0.2, 0.25) is 5.91 Å². The number of hydrogen-bond donors (Lipinski definition) is 1. The van der Waals surface area contributed by atoms with Crippen LogP contribution in [-0.2, 0) is 9.53 Å². The first kappa shape index (κ1) is 7.97. The second kappa shape index (κ2) is 3.01. The highest BCUT2D eigenvalue weighted by molar-refractivity contribution is 5.78. The minimum absolute atomic E-state index is 0.0411. The van der Waals surface area contributed by atoms with Crippen molar-refractivity contribution in [1.82, 2.24) is 9.96 Å². The van der Waals surface area contributed by atoms with Crippen LogP contribution in [0.1, 0.15) is 0 Å². The Labute approximate surface area is 70.5 Å². The van der Waals surface area contributed by atoms with E-state index in [2.05, 4.69) is 0 Å². The number of hydrogen-bond acceptors (Lipinski definition) is 4. The van der Waals surface area contributed by atoms with E-state index in [9.17, 15) is 10.0 Å². The number of hydroxylamine groups is 2. The maximum Gasteiger partial charge on any atom is 0.248 e. The number of amides is 1. The summed E-state index contributed by atoms with van der Waals surface area (Å²) in [4.78, 5) is 13.0. The van der Waals surface area contributed by atoms with Gasteiger partial charge in [-0.15, -0.1) is 0 Å². The Morgan fingerprint density at radius 2 is 2.33 bits per heavy atom. The summed E-state index contributed by atoms with van der Waals surface area (Å²) in [7, 11) is 0. The van der Waals surface area contributed by atoms with Gasteiger partial charge in [0.15, 0.2) is 0 Å². The first-order valence-electron chi connectivity index (χ1n) is 4.08. The molecule has 1 amide bonds. The Morgan fingerprint density at radius 1 is 1.50 bits per heavy atom. The molecule has 5 nitrogen and oxygen atoms in total. The van der Waals surface area contributed by atoms with E-state index in [-0.39, 0.29) is 18.6 Å². The average Bonchev–Trinajstić information content (AvgIpc) is 2.04. The van der Waals surface area contributed by atoms with Gasteiger partial charge in [-0.05, 0) is 0 Å². The zero-order chi connectivity index (χ0) is 8.55. The number of morpholine rings is 1. The molecule has 2 heterocycles. The highest BCUT2D eigenvalue weighted by Crippen LogP contribution is 2.12. The fourth-order valence-electron chi connectivity index (χ4n) is 1.68. The normalized spacial score (nSPS) is 31.9. The van der Waals surface area contributed by atoms with Crippen LogP contribution in [-0.4, -0.2) is 60.0 Å². The summed E-state index contributed by atoms with van der Waals surface area (Å²) < 4.78 is 5.07. The van der Waals surface area contributed by atoms with Crippen molar-refractivity contribution in [3.8, 4) is 0 Å². The highest BCUT2D eigenvalue weighted by atomic mass is 16.5. The monoisotopic (exact) mass is 172 g/mol. The summed E-state index contributed by atoms with van der Waals surface area (Å²) in [5.41, 5.74) is 0. The van der Waals surface area contributed by atoms with Crippen LogP contribution in [0.3, 0.4) is 0 Å². The van der Waals surface area contributed by atoms with Crippen LogP contribution in [0.4, 0.5) is 0 Å². The lowest BCUT2D eigenvalue weighted by Crippen LogP contribution is -2.59. The maximum atomic E-state index is 11.2. The molecule has 0 aromatic rings. The van der Waals surface area contributed by atoms with E-state index in [4.69, 9.17) is 4.74 Å². The van der Waals surface area contributed by atoms with Gasteiger partial charge in [-0.2, -0.15) is 5.06 Å². The predicted molar refractivity (Wildman–Crippen MR) is 39.7 cm³/mol. The number of rotatable bonds is 0. The van der Waals surface area contributed by atoms with Crippen LogP contribution in [0.25, 0.3) is 0 Å². The number of carbonyl (C=O) groups is 1. The summed E-state index contributed by atoms with van der Waals surface area (Å²) in [5.74, 6) is 0.0411. The van der Waals surface area contributed by atoms with Gasteiger partial charge < -0.3 is 14.8 Å². The first-order valence-corrected chi connectivity index (χ1v) is 4.08. The lowest BCUT2D eigenvalue weighted by Gasteiger charge is -2.41. The van der Waals surface area contributed by atoms with Crippen molar-refractivity contribution in [2.45, 2.75) is 6.04 Å². The van der Waals surface area contributed by atoms with Crippen LogP contribution >= 0.6 is 0 Å². The molecule has 2 saturated heterocycles. The van der Waals surface area contributed by atoms with Gasteiger partial charge in [0.05, 0.1) is 12.6 Å². The van der Waals surface area contributed by atoms with Crippen molar-refractivity contribution in [3.63, 3.8) is 0 Å². The number of ether oxygens (including phenoxy) is 1. The average molecular weight is 172 g/mol. The second-order valence-electron chi connectivity index (χ2n) is 3.17. The molecule has 68 valence electrons. The second-order valence-corrected chi connectivity index (χ2v) is 3.17. The molecule has 5 heteroatoms. The van der Waals surface area contributed by atoms with E-state index in [1.54, 1.807) is 4.90 Å². The standard InChI is InChI=1S/C7H12N2O3/c10-7-5-12-4-6-3-8(11)1-2-9(6)7/h6,11H,1-5H2/t6-/m0/s1. The molecule has 1 N–H and O–H groups in total.